The van der Waals surface area contributed by atoms with Crippen molar-refractivity contribution in [2.75, 3.05) is 43.1 Å². The molecule has 142 valence electrons. The zero-order chi connectivity index (χ0) is 19.2. The molecule has 0 saturated carbocycles. The van der Waals surface area contributed by atoms with Gasteiger partial charge >= 0.3 is 0 Å². The molecule has 7 heteroatoms. The highest BCUT2D eigenvalue weighted by atomic mass is 16.5. The summed E-state index contributed by atoms with van der Waals surface area (Å²) in [6, 6.07) is 9.14. The highest BCUT2D eigenvalue weighted by molar-refractivity contribution is 5.99. The zero-order valence-electron chi connectivity index (χ0n) is 15.6. The summed E-state index contributed by atoms with van der Waals surface area (Å²) in [5, 5.41) is 5.38. The molecule has 1 aromatic heterocycles. The van der Waals surface area contributed by atoms with E-state index in [1.165, 1.54) is 0 Å². The fourth-order valence-corrected chi connectivity index (χ4v) is 2.79. The Morgan fingerprint density at radius 1 is 1.11 bits per heavy atom. The second kappa shape index (κ2) is 8.64. The maximum Gasteiger partial charge on any atom is 0.251 e. The van der Waals surface area contributed by atoms with Gasteiger partial charge in [0, 0.05) is 18.7 Å². The molecule has 3 rings (SSSR count). The molecule has 0 atom stereocenters. The largest absolute Gasteiger partial charge is 0.378 e. The first-order chi connectivity index (χ1) is 13.0. The van der Waals surface area contributed by atoms with Gasteiger partial charge in [-0.2, -0.15) is 0 Å². The molecule has 7 nitrogen and oxygen atoms in total. The lowest BCUT2D eigenvalue weighted by Gasteiger charge is -2.27. The fourth-order valence-electron chi connectivity index (χ4n) is 2.79. The van der Waals surface area contributed by atoms with E-state index in [2.05, 4.69) is 20.5 Å². The molecule has 2 aromatic rings. The molecule has 2 N–H and O–H groups in total. The van der Waals surface area contributed by atoms with E-state index in [-0.39, 0.29) is 18.4 Å². The number of rotatable bonds is 5. The summed E-state index contributed by atoms with van der Waals surface area (Å²) >= 11 is 0. The van der Waals surface area contributed by atoms with Gasteiger partial charge in [-0.1, -0.05) is 6.07 Å². The minimum atomic E-state index is -0.298. The number of aryl methyl sites for hydroxylation is 2. The number of carbonyl (C=O) groups is 2. The molecule has 1 aliphatic rings. The Hall–Kier alpha value is -2.93. The quantitative estimate of drug-likeness (QED) is 0.842. The SMILES string of the molecule is Cc1ccc(C(=O)NCC(=O)Nc2ccc(N3CCOCC3)nc2)cc1C. The molecule has 2 amide bonds. The lowest BCUT2D eigenvalue weighted by molar-refractivity contribution is -0.115. The number of aromatic nitrogens is 1. The third kappa shape index (κ3) is 5.04. The summed E-state index contributed by atoms with van der Waals surface area (Å²) in [6.45, 7) is 6.85. The molecule has 0 spiro atoms. The number of ether oxygens (including phenoxy) is 1. The number of nitrogens with one attached hydrogen (secondary N) is 2. The summed E-state index contributed by atoms with van der Waals surface area (Å²) in [5.74, 6) is 0.293. The third-order valence-corrected chi connectivity index (χ3v) is 4.55. The van der Waals surface area contributed by atoms with Crippen molar-refractivity contribution in [1.29, 1.82) is 0 Å². The molecular weight excluding hydrogens is 344 g/mol. The van der Waals surface area contributed by atoms with Crippen LogP contribution in [-0.4, -0.2) is 49.6 Å². The third-order valence-electron chi connectivity index (χ3n) is 4.55. The zero-order valence-corrected chi connectivity index (χ0v) is 15.6. The van der Waals surface area contributed by atoms with E-state index in [1.54, 1.807) is 18.3 Å². The van der Waals surface area contributed by atoms with Crippen molar-refractivity contribution in [3.05, 3.63) is 53.2 Å². The highest BCUT2D eigenvalue weighted by Crippen LogP contribution is 2.15. The summed E-state index contributed by atoms with van der Waals surface area (Å²) in [6.07, 6.45) is 1.62. The van der Waals surface area contributed by atoms with Gasteiger partial charge in [-0.25, -0.2) is 4.98 Å². The van der Waals surface area contributed by atoms with Crippen molar-refractivity contribution < 1.29 is 14.3 Å². The molecular formula is C20H24N4O3. The maximum absolute atomic E-state index is 12.2. The van der Waals surface area contributed by atoms with E-state index < -0.39 is 0 Å². The predicted molar refractivity (Wildman–Crippen MR) is 104 cm³/mol. The molecule has 27 heavy (non-hydrogen) atoms. The second-order valence-corrected chi connectivity index (χ2v) is 6.53. The average Bonchev–Trinajstić information content (AvgIpc) is 2.69. The van der Waals surface area contributed by atoms with Crippen molar-refractivity contribution in [1.82, 2.24) is 10.3 Å². The van der Waals surface area contributed by atoms with E-state index in [9.17, 15) is 9.59 Å². The van der Waals surface area contributed by atoms with Crippen LogP contribution in [0.2, 0.25) is 0 Å². The van der Waals surface area contributed by atoms with Gasteiger partial charge in [0.05, 0.1) is 31.6 Å². The Labute approximate surface area is 158 Å². The van der Waals surface area contributed by atoms with Gasteiger partial charge in [0.2, 0.25) is 5.91 Å². The van der Waals surface area contributed by atoms with Gasteiger partial charge in [-0.3, -0.25) is 9.59 Å². The fraction of sp³-hybridized carbons (Fsp3) is 0.350. The first-order valence-electron chi connectivity index (χ1n) is 8.97. The minimum Gasteiger partial charge on any atom is -0.378 e. The van der Waals surface area contributed by atoms with Crippen LogP contribution in [-0.2, 0) is 9.53 Å². The number of amides is 2. The highest BCUT2D eigenvalue weighted by Gasteiger charge is 2.13. The molecule has 0 unspecified atom stereocenters. The Kier molecular flexibility index (Phi) is 6.03. The normalized spacial score (nSPS) is 13.9. The molecule has 1 saturated heterocycles. The molecule has 0 radical (unpaired) electrons. The number of anilines is 2. The average molecular weight is 368 g/mol. The standard InChI is InChI=1S/C20H24N4O3/c1-14-3-4-16(11-15(14)2)20(26)22-13-19(25)23-17-5-6-18(21-12-17)24-7-9-27-10-8-24/h3-6,11-12H,7-10,13H2,1-2H3,(H,22,26)(H,23,25). The lowest BCUT2D eigenvalue weighted by Crippen LogP contribution is -2.36. The van der Waals surface area contributed by atoms with Crippen molar-refractivity contribution >= 4 is 23.3 Å². The molecule has 2 heterocycles. The summed E-state index contributed by atoms with van der Waals surface area (Å²) < 4.78 is 5.33. The van der Waals surface area contributed by atoms with Crippen molar-refractivity contribution in [2.45, 2.75) is 13.8 Å². The van der Waals surface area contributed by atoms with Crippen LogP contribution in [0.1, 0.15) is 21.5 Å². The number of pyridine rings is 1. The summed E-state index contributed by atoms with van der Waals surface area (Å²) in [7, 11) is 0. The first-order valence-corrected chi connectivity index (χ1v) is 8.97. The van der Waals surface area contributed by atoms with Crippen LogP contribution in [0, 0.1) is 13.8 Å². The first kappa shape index (κ1) is 18.8. The molecule has 0 bridgehead atoms. The van der Waals surface area contributed by atoms with Gasteiger partial charge in [-0.15, -0.1) is 0 Å². The van der Waals surface area contributed by atoms with Gasteiger partial charge in [-0.05, 0) is 49.2 Å². The Morgan fingerprint density at radius 2 is 1.89 bits per heavy atom. The monoisotopic (exact) mass is 368 g/mol. The van der Waals surface area contributed by atoms with Crippen molar-refractivity contribution in [3.8, 4) is 0 Å². The maximum atomic E-state index is 12.2. The van der Waals surface area contributed by atoms with E-state index in [0.717, 1.165) is 30.0 Å². The van der Waals surface area contributed by atoms with E-state index in [0.29, 0.717) is 24.5 Å². The number of morpholine rings is 1. The van der Waals surface area contributed by atoms with E-state index in [1.807, 2.05) is 32.0 Å². The number of hydrogen-bond acceptors (Lipinski definition) is 5. The number of carbonyl (C=O) groups excluding carboxylic acids is 2. The smallest absolute Gasteiger partial charge is 0.251 e. The predicted octanol–water partition coefficient (Wildman–Crippen LogP) is 1.90. The van der Waals surface area contributed by atoms with Crippen LogP contribution in [0.3, 0.4) is 0 Å². The lowest BCUT2D eigenvalue weighted by atomic mass is 10.1. The number of benzene rings is 1. The van der Waals surface area contributed by atoms with E-state index in [4.69, 9.17) is 4.74 Å². The molecule has 1 fully saturated rings. The molecule has 1 aliphatic heterocycles. The van der Waals surface area contributed by atoms with E-state index >= 15 is 0 Å². The minimum absolute atomic E-state index is 0.100. The molecule has 1 aromatic carbocycles. The van der Waals surface area contributed by atoms with Gasteiger partial charge in [0.15, 0.2) is 0 Å². The number of nitrogens with zero attached hydrogens (tertiary/aromatic N) is 2. The van der Waals surface area contributed by atoms with Crippen LogP contribution < -0.4 is 15.5 Å². The summed E-state index contributed by atoms with van der Waals surface area (Å²) in [5.41, 5.74) is 3.30. The van der Waals surface area contributed by atoms with Gasteiger partial charge in [0.1, 0.15) is 5.82 Å². The number of hydrogen-bond donors (Lipinski definition) is 2. The molecule has 0 aliphatic carbocycles. The van der Waals surface area contributed by atoms with Crippen molar-refractivity contribution in [3.63, 3.8) is 0 Å². The summed E-state index contributed by atoms with van der Waals surface area (Å²) in [4.78, 5) is 30.8. The van der Waals surface area contributed by atoms with Gasteiger partial charge in [0.25, 0.3) is 5.91 Å². The van der Waals surface area contributed by atoms with Gasteiger partial charge < -0.3 is 20.3 Å². The Bertz CT molecular complexity index is 814. The Balaban J connectivity index is 1.50. The van der Waals surface area contributed by atoms with Crippen LogP contribution in [0.15, 0.2) is 36.5 Å². The Morgan fingerprint density at radius 3 is 2.56 bits per heavy atom. The second-order valence-electron chi connectivity index (χ2n) is 6.53. The van der Waals surface area contributed by atoms with Crippen LogP contribution >= 0.6 is 0 Å². The van der Waals surface area contributed by atoms with Crippen LogP contribution in [0.4, 0.5) is 11.5 Å². The van der Waals surface area contributed by atoms with Crippen LogP contribution in [0.25, 0.3) is 0 Å². The van der Waals surface area contributed by atoms with Crippen LogP contribution in [0.5, 0.6) is 0 Å². The topological polar surface area (TPSA) is 83.6 Å². The van der Waals surface area contributed by atoms with Crippen molar-refractivity contribution in [2.24, 2.45) is 0 Å².